The van der Waals surface area contributed by atoms with Gasteiger partial charge in [-0.15, -0.1) is 0 Å². The number of carbonyl (C=O) groups excluding carboxylic acids is 2. The third-order valence-electron chi connectivity index (χ3n) is 6.74. The molecule has 2 aliphatic heterocycles. The number of carbonyl (C=O) groups is 2. The number of hydrogen-bond donors (Lipinski definition) is 0. The number of piperazine rings is 1. The van der Waals surface area contributed by atoms with Gasteiger partial charge in [-0.05, 0) is 38.1 Å². The first-order valence-electron chi connectivity index (χ1n) is 12.4. The Balaban J connectivity index is 1.76. The fourth-order valence-electron chi connectivity index (χ4n) is 4.71. The summed E-state index contributed by atoms with van der Waals surface area (Å²) in [5, 5.41) is 0. The van der Waals surface area contributed by atoms with Crippen LogP contribution in [0.2, 0.25) is 0 Å². The van der Waals surface area contributed by atoms with E-state index in [9.17, 15) is 9.59 Å². The molecule has 2 aliphatic rings. The molecule has 7 nitrogen and oxygen atoms in total. The molecule has 0 spiro atoms. The maximum atomic E-state index is 13.9. The van der Waals surface area contributed by atoms with Gasteiger partial charge < -0.3 is 14.4 Å². The number of fused-ring (bicyclic) bond motifs is 2. The molecule has 7 heteroatoms. The Morgan fingerprint density at radius 3 is 2.24 bits per heavy atom. The number of para-hydroxylation sites is 2. The van der Waals surface area contributed by atoms with E-state index in [2.05, 4.69) is 30.7 Å². The van der Waals surface area contributed by atoms with Gasteiger partial charge in [-0.25, -0.2) is 0 Å². The molecule has 1 saturated heterocycles. The van der Waals surface area contributed by atoms with Crippen molar-refractivity contribution >= 4 is 28.9 Å². The number of rotatable bonds is 8. The average Bonchev–Trinajstić information content (AvgIpc) is 3.19. The van der Waals surface area contributed by atoms with E-state index >= 15 is 0 Å². The van der Waals surface area contributed by atoms with Crippen LogP contribution in [-0.2, 0) is 11.3 Å². The molecular weight excluding hydrogens is 414 g/mol. The Bertz CT molecular complexity index is 977. The zero-order chi connectivity index (χ0) is 23.4. The molecule has 0 unspecified atom stereocenters. The van der Waals surface area contributed by atoms with E-state index in [-0.39, 0.29) is 11.8 Å². The zero-order valence-corrected chi connectivity index (χ0v) is 20.3. The lowest BCUT2D eigenvalue weighted by atomic mass is 10.2. The normalized spacial score (nSPS) is 17.1. The van der Waals surface area contributed by atoms with Gasteiger partial charge in [0.25, 0.3) is 5.91 Å². The molecule has 1 fully saturated rings. The van der Waals surface area contributed by atoms with Crippen LogP contribution in [0.25, 0.3) is 0 Å². The lowest BCUT2D eigenvalue weighted by Gasteiger charge is -2.33. The van der Waals surface area contributed by atoms with Crippen LogP contribution in [-0.4, -0.2) is 72.5 Å². The highest BCUT2D eigenvalue weighted by molar-refractivity contribution is 6.18. The van der Waals surface area contributed by atoms with Crippen molar-refractivity contribution in [3.05, 3.63) is 42.2 Å². The van der Waals surface area contributed by atoms with Crippen molar-refractivity contribution in [1.82, 2.24) is 14.4 Å². The molecule has 3 heterocycles. The second-order valence-corrected chi connectivity index (χ2v) is 9.20. The molecular formula is C26H37N5O2. The molecule has 4 rings (SSSR count). The summed E-state index contributed by atoms with van der Waals surface area (Å²) in [5.41, 5.74) is 2.96. The van der Waals surface area contributed by atoms with Gasteiger partial charge in [-0.3, -0.25) is 19.4 Å². The lowest BCUT2D eigenvalue weighted by molar-refractivity contribution is -0.119. The summed E-state index contributed by atoms with van der Waals surface area (Å²) in [5.74, 6) is 0.00790. The van der Waals surface area contributed by atoms with Crippen molar-refractivity contribution in [2.24, 2.45) is 0 Å². The van der Waals surface area contributed by atoms with Gasteiger partial charge in [0.2, 0.25) is 5.91 Å². The first-order chi connectivity index (χ1) is 16.0. The van der Waals surface area contributed by atoms with Crippen molar-refractivity contribution in [2.75, 3.05) is 56.1 Å². The Labute approximate surface area is 197 Å². The van der Waals surface area contributed by atoms with Crippen molar-refractivity contribution in [1.29, 1.82) is 0 Å². The number of anilines is 3. The quantitative estimate of drug-likeness (QED) is 0.610. The molecule has 0 radical (unpaired) electrons. The average molecular weight is 452 g/mol. The summed E-state index contributed by atoms with van der Waals surface area (Å²) in [6.45, 7) is 9.74. The zero-order valence-electron chi connectivity index (χ0n) is 20.3. The SMILES string of the molecule is CCCCN1C(=O)c2c(ccn2CCCC)N(C(=O)CN2CCN(C)CC2)c2ccccc21. The summed E-state index contributed by atoms with van der Waals surface area (Å²) >= 11 is 0. The number of benzene rings is 1. The van der Waals surface area contributed by atoms with Crippen molar-refractivity contribution in [3.8, 4) is 0 Å². The van der Waals surface area contributed by atoms with Crippen LogP contribution in [0.15, 0.2) is 36.5 Å². The van der Waals surface area contributed by atoms with Crippen LogP contribution >= 0.6 is 0 Å². The fourth-order valence-corrected chi connectivity index (χ4v) is 4.71. The molecule has 2 amide bonds. The van der Waals surface area contributed by atoms with Gasteiger partial charge in [0, 0.05) is 45.5 Å². The van der Waals surface area contributed by atoms with Gasteiger partial charge in [0.1, 0.15) is 5.69 Å². The molecule has 1 aromatic carbocycles. The minimum atomic E-state index is -0.0121. The minimum absolute atomic E-state index is 0.0121. The van der Waals surface area contributed by atoms with Crippen molar-refractivity contribution < 1.29 is 9.59 Å². The Kier molecular flexibility index (Phi) is 7.50. The van der Waals surface area contributed by atoms with Crippen LogP contribution in [0.4, 0.5) is 17.1 Å². The lowest BCUT2D eigenvalue weighted by Crippen LogP contribution is -2.48. The predicted octanol–water partition coefficient (Wildman–Crippen LogP) is 3.96. The molecule has 33 heavy (non-hydrogen) atoms. The van der Waals surface area contributed by atoms with E-state index in [1.165, 1.54) is 0 Å². The van der Waals surface area contributed by atoms with Gasteiger partial charge in [-0.1, -0.05) is 38.8 Å². The van der Waals surface area contributed by atoms with Crippen LogP contribution in [0.1, 0.15) is 50.0 Å². The van der Waals surface area contributed by atoms with Crippen LogP contribution in [0, 0.1) is 0 Å². The predicted molar refractivity (Wildman–Crippen MR) is 133 cm³/mol. The van der Waals surface area contributed by atoms with Crippen molar-refractivity contribution in [3.63, 3.8) is 0 Å². The summed E-state index contributed by atoms with van der Waals surface area (Å²) in [7, 11) is 2.12. The molecule has 1 aromatic heterocycles. The van der Waals surface area contributed by atoms with Gasteiger partial charge in [-0.2, -0.15) is 0 Å². The van der Waals surface area contributed by atoms with E-state index in [0.717, 1.165) is 69.8 Å². The topological polar surface area (TPSA) is 52.0 Å². The molecule has 0 atom stereocenters. The summed E-state index contributed by atoms with van der Waals surface area (Å²) < 4.78 is 2.04. The van der Waals surface area contributed by atoms with Crippen molar-refractivity contribution in [2.45, 2.75) is 46.1 Å². The van der Waals surface area contributed by atoms with Crippen LogP contribution in [0.5, 0.6) is 0 Å². The smallest absolute Gasteiger partial charge is 0.277 e. The number of nitrogens with zero attached hydrogens (tertiary/aromatic N) is 5. The third kappa shape index (κ3) is 4.84. The molecule has 0 bridgehead atoms. The second-order valence-electron chi connectivity index (χ2n) is 9.20. The fraction of sp³-hybridized carbons (Fsp3) is 0.538. The first-order valence-corrected chi connectivity index (χ1v) is 12.4. The summed E-state index contributed by atoms with van der Waals surface area (Å²) in [4.78, 5) is 35.9. The van der Waals surface area contributed by atoms with E-state index in [0.29, 0.717) is 24.5 Å². The number of aromatic nitrogens is 1. The largest absolute Gasteiger partial charge is 0.342 e. The third-order valence-corrected chi connectivity index (χ3v) is 6.74. The number of hydrogen-bond acceptors (Lipinski definition) is 4. The van der Waals surface area contributed by atoms with Crippen LogP contribution in [0.3, 0.4) is 0 Å². The monoisotopic (exact) mass is 451 g/mol. The minimum Gasteiger partial charge on any atom is -0.342 e. The van der Waals surface area contributed by atoms with E-state index in [4.69, 9.17) is 0 Å². The maximum Gasteiger partial charge on any atom is 0.277 e. The molecule has 2 aromatic rings. The number of aryl methyl sites for hydroxylation is 1. The Hall–Kier alpha value is -2.64. The number of likely N-dealkylation sites (N-methyl/N-ethyl adjacent to an activating group) is 1. The second kappa shape index (κ2) is 10.5. The van der Waals surface area contributed by atoms with Crippen LogP contribution < -0.4 is 9.80 Å². The van der Waals surface area contributed by atoms with Gasteiger partial charge in [0.15, 0.2) is 0 Å². The highest BCUT2D eigenvalue weighted by Crippen LogP contribution is 2.41. The van der Waals surface area contributed by atoms with E-state index < -0.39 is 0 Å². The van der Waals surface area contributed by atoms with E-state index in [1.54, 1.807) is 4.90 Å². The number of amides is 2. The highest BCUT2D eigenvalue weighted by Gasteiger charge is 2.36. The molecule has 0 N–H and O–H groups in total. The Morgan fingerprint density at radius 1 is 0.879 bits per heavy atom. The molecule has 0 aliphatic carbocycles. The first kappa shape index (κ1) is 23.5. The Morgan fingerprint density at radius 2 is 1.55 bits per heavy atom. The number of unbranched alkanes of at least 4 members (excludes halogenated alkanes) is 2. The van der Waals surface area contributed by atoms with Gasteiger partial charge in [0.05, 0.1) is 23.6 Å². The summed E-state index contributed by atoms with van der Waals surface area (Å²) in [6, 6.07) is 9.81. The molecule has 0 saturated carbocycles. The van der Waals surface area contributed by atoms with Gasteiger partial charge >= 0.3 is 0 Å². The highest BCUT2D eigenvalue weighted by atomic mass is 16.2. The summed E-state index contributed by atoms with van der Waals surface area (Å²) in [6.07, 6.45) is 5.93. The molecule has 178 valence electrons. The maximum absolute atomic E-state index is 13.9. The van der Waals surface area contributed by atoms with E-state index in [1.807, 2.05) is 46.0 Å². The standard InChI is InChI=1S/C26H37N5O2/c1-4-6-13-29-15-12-23-25(29)26(33)30(14-7-5-2)21-10-8-9-11-22(21)31(23)24(32)20-28-18-16-27(3)17-19-28/h8-12,15H,4-7,13-14,16-20H2,1-3H3.